The zero-order valence-corrected chi connectivity index (χ0v) is 40.8. The SMILES string of the molecule is Cc1cc(C)c(N2[CH-]C(C)(C)CC2(C)C)c(C)c1.Cc1cc(C)c(N2[CH-]C(C)(c3ccccc3)CC2(C)C)c(C)c1.[Cl][Ru]([Cl])=[C]1C=C(c2ccccc2)c2ccccc21. The fraction of sp³-hybridized carbons (Fsp3) is 0.352. The standard InChI is InChI=1S/C22H28N.C17H26N.C15H10.2ClH.Ru/c1-16-12-17(2)20(18(3)13-16)23-15-22(6,14-21(23,4)5)19-10-8-7-9-11-19;1-12-8-13(2)15(14(3)9-12)18-11-16(4,5)10-17(18,6)7;1-2-6-12(7-3-1)15-11-10-13-8-4-5-9-14(13)15;;;/h7-13,15H,14H2,1-6H3;8-9,11H,10H2,1-7H3;1-9,11H;2*1H;/q2*-1;;;;+2/p-2. The Hall–Kier alpha value is -3.49. The molecule has 0 saturated carbocycles. The summed E-state index contributed by atoms with van der Waals surface area (Å²) in [6, 6.07) is 38.7. The van der Waals surface area contributed by atoms with Crippen molar-refractivity contribution in [2.75, 3.05) is 9.80 Å². The van der Waals surface area contributed by atoms with Gasteiger partial charge in [-0.25, -0.2) is 13.1 Å². The van der Waals surface area contributed by atoms with Crippen LogP contribution in [0.3, 0.4) is 0 Å². The Morgan fingerprint density at radius 2 is 0.949 bits per heavy atom. The number of hydrogen-bond acceptors (Lipinski definition) is 2. The van der Waals surface area contributed by atoms with E-state index in [0.717, 1.165) is 10.5 Å². The average Bonchev–Trinajstić information content (AvgIpc) is 3.73. The third kappa shape index (κ3) is 9.85. The van der Waals surface area contributed by atoms with Gasteiger partial charge in [0, 0.05) is 22.5 Å². The number of aryl methyl sites for hydroxylation is 6. The molecule has 0 bridgehead atoms. The number of halogens is 2. The van der Waals surface area contributed by atoms with E-state index in [9.17, 15) is 0 Å². The van der Waals surface area contributed by atoms with E-state index in [1.165, 1.54) is 79.0 Å². The Morgan fingerprint density at radius 3 is 1.41 bits per heavy atom. The van der Waals surface area contributed by atoms with E-state index < -0.39 is 13.5 Å². The first-order valence-electron chi connectivity index (χ1n) is 20.9. The van der Waals surface area contributed by atoms with Crippen LogP contribution in [0.15, 0.2) is 115 Å². The molecule has 2 saturated heterocycles. The van der Waals surface area contributed by atoms with E-state index in [1.54, 1.807) is 0 Å². The number of rotatable bonds is 4. The molecule has 3 aliphatic rings. The molecule has 1 aliphatic carbocycles. The van der Waals surface area contributed by atoms with E-state index in [2.05, 4.69) is 204 Å². The van der Waals surface area contributed by atoms with Crippen LogP contribution < -0.4 is 9.80 Å². The number of fused-ring (bicyclic) bond motifs is 1. The third-order valence-corrected chi connectivity index (χ3v) is 15.2. The summed E-state index contributed by atoms with van der Waals surface area (Å²) in [5.41, 5.74) is 17.9. The normalized spacial score (nSPS) is 19.9. The van der Waals surface area contributed by atoms with Gasteiger partial charge >= 0.3 is 120 Å². The van der Waals surface area contributed by atoms with E-state index in [0.29, 0.717) is 0 Å². The second kappa shape index (κ2) is 17.5. The molecule has 8 rings (SSSR count). The van der Waals surface area contributed by atoms with Gasteiger partial charge in [-0.3, -0.25) is 0 Å². The summed E-state index contributed by atoms with van der Waals surface area (Å²) in [5, 5.41) is 0. The van der Waals surface area contributed by atoms with Gasteiger partial charge in [-0.1, -0.05) is 98.5 Å². The Morgan fingerprint density at radius 1 is 0.525 bits per heavy atom. The quantitative estimate of drug-likeness (QED) is 0.131. The Kier molecular flexibility index (Phi) is 13.3. The molecule has 0 N–H and O–H groups in total. The van der Waals surface area contributed by atoms with Gasteiger partial charge in [0.1, 0.15) is 0 Å². The average molecular weight is 913 g/mol. The maximum atomic E-state index is 6.19. The molecule has 2 fully saturated rings. The summed E-state index contributed by atoms with van der Waals surface area (Å²) in [5.74, 6) is 0. The summed E-state index contributed by atoms with van der Waals surface area (Å²) in [4.78, 5) is 5.02. The second-order valence-electron chi connectivity index (χ2n) is 19.2. The van der Waals surface area contributed by atoms with E-state index in [-0.39, 0.29) is 21.9 Å². The zero-order chi connectivity index (χ0) is 43.1. The van der Waals surface area contributed by atoms with Gasteiger partial charge in [0.15, 0.2) is 0 Å². The van der Waals surface area contributed by atoms with Gasteiger partial charge in [0.2, 0.25) is 0 Å². The van der Waals surface area contributed by atoms with Crippen molar-refractivity contribution in [2.45, 2.75) is 119 Å². The fourth-order valence-corrected chi connectivity index (χ4v) is 12.7. The van der Waals surface area contributed by atoms with E-state index in [1.807, 2.05) is 24.3 Å². The number of allylic oxidation sites excluding steroid dienone is 1. The first kappa shape index (κ1) is 45.1. The number of hydrogen-bond donors (Lipinski definition) is 0. The molecule has 5 aromatic carbocycles. The van der Waals surface area contributed by atoms with Crippen molar-refractivity contribution in [1.29, 1.82) is 0 Å². The molecular weight excluding hydrogens is 849 g/mol. The molecule has 0 aromatic heterocycles. The molecule has 2 heterocycles. The monoisotopic (exact) mass is 912 g/mol. The van der Waals surface area contributed by atoms with Crippen LogP contribution >= 0.6 is 19.4 Å². The van der Waals surface area contributed by atoms with Crippen LogP contribution in [-0.4, -0.2) is 15.2 Å². The first-order valence-corrected chi connectivity index (χ1v) is 26.2. The summed E-state index contributed by atoms with van der Waals surface area (Å²) < 4.78 is 1.12. The molecule has 0 spiro atoms. The summed E-state index contributed by atoms with van der Waals surface area (Å²) in [6.45, 7) is 34.6. The molecule has 5 heteroatoms. The van der Waals surface area contributed by atoms with E-state index in [4.69, 9.17) is 19.4 Å². The zero-order valence-electron chi connectivity index (χ0n) is 37.5. The van der Waals surface area contributed by atoms with Gasteiger partial charge in [0.25, 0.3) is 0 Å². The Balaban J connectivity index is 0.000000150. The molecule has 0 amide bonds. The fourth-order valence-electron chi connectivity index (χ4n) is 10.3. The Bertz CT molecular complexity index is 2320. The second-order valence-corrected chi connectivity index (χ2v) is 25.0. The summed E-state index contributed by atoms with van der Waals surface area (Å²) >= 11 is -1.88. The predicted molar refractivity (Wildman–Crippen MR) is 256 cm³/mol. The predicted octanol–water partition coefficient (Wildman–Crippen LogP) is 15.1. The van der Waals surface area contributed by atoms with Crippen molar-refractivity contribution < 1.29 is 13.5 Å². The Labute approximate surface area is 370 Å². The topological polar surface area (TPSA) is 6.48 Å². The van der Waals surface area contributed by atoms with Crippen LogP contribution in [0, 0.1) is 60.0 Å². The van der Waals surface area contributed by atoms with Crippen molar-refractivity contribution in [2.24, 2.45) is 5.41 Å². The van der Waals surface area contributed by atoms with E-state index >= 15 is 0 Å². The minimum atomic E-state index is -1.88. The van der Waals surface area contributed by atoms with Crippen molar-refractivity contribution in [1.82, 2.24) is 0 Å². The molecule has 314 valence electrons. The number of anilines is 2. The molecule has 2 aliphatic heterocycles. The van der Waals surface area contributed by atoms with Crippen LogP contribution in [0.4, 0.5) is 11.4 Å². The van der Waals surface area contributed by atoms with Crippen molar-refractivity contribution in [3.05, 3.63) is 184 Å². The van der Waals surface area contributed by atoms with Crippen molar-refractivity contribution >= 4 is 40.4 Å². The molecule has 2 nitrogen and oxygen atoms in total. The van der Waals surface area contributed by atoms with Crippen LogP contribution in [0.2, 0.25) is 0 Å². The van der Waals surface area contributed by atoms with Gasteiger partial charge in [-0.15, -0.1) is 10.8 Å². The first-order chi connectivity index (χ1) is 27.6. The molecule has 1 unspecified atom stereocenters. The van der Waals surface area contributed by atoms with Gasteiger partial charge in [0.05, 0.1) is 0 Å². The summed E-state index contributed by atoms with van der Waals surface area (Å²) in [7, 11) is 12.4. The van der Waals surface area contributed by atoms with Gasteiger partial charge in [-0.05, 0) is 97.9 Å². The molecule has 5 aromatic rings. The maximum absolute atomic E-state index is 6.19. The minimum absolute atomic E-state index is 0.0779. The molecule has 1 atom stereocenters. The number of benzene rings is 5. The van der Waals surface area contributed by atoms with Gasteiger partial charge < -0.3 is 9.80 Å². The van der Waals surface area contributed by atoms with Crippen LogP contribution in [0.5, 0.6) is 0 Å². The van der Waals surface area contributed by atoms with Crippen molar-refractivity contribution in [3.8, 4) is 0 Å². The number of nitrogens with zero attached hydrogens (tertiary/aromatic N) is 2. The van der Waals surface area contributed by atoms with Crippen LogP contribution in [0.1, 0.15) is 117 Å². The van der Waals surface area contributed by atoms with Crippen LogP contribution in [0.25, 0.3) is 5.57 Å². The van der Waals surface area contributed by atoms with Gasteiger partial charge in [-0.2, -0.15) is 0 Å². The van der Waals surface area contributed by atoms with Crippen molar-refractivity contribution in [3.63, 3.8) is 0 Å². The van der Waals surface area contributed by atoms with Crippen LogP contribution in [-0.2, 0) is 18.9 Å². The molecule has 0 radical (unpaired) electrons. The molecule has 59 heavy (non-hydrogen) atoms. The molecular formula is C54H64Cl2N2Ru-2. The third-order valence-electron chi connectivity index (χ3n) is 12.0. The summed E-state index contributed by atoms with van der Waals surface area (Å²) in [6.07, 6.45) is 4.47.